The summed E-state index contributed by atoms with van der Waals surface area (Å²) in [5, 5.41) is 0. The number of anilines is 1. The first-order chi connectivity index (χ1) is 16.3. The quantitative estimate of drug-likeness (QED) is 0.343. The number of oxazole rings is 1. The largest absolute Gasteiger partial charge is 0.455 e. The summed E-state index contributed by atoms with van der Waals surface area (Å²) in [7, 11) is -2.24. The lowest BCUT2D eigenvalue weighted by Crippen LogP contribution is -2.26. The topological polar surface area (TPSA) is 89.7 Å². The summed E-state index contributed by atoms with van der Waals surface area (Å²) in [6.45, 7) is 3.62. The second-order valence-corrected chi connectivity index (χ2v) is 9.77. The van der Waals surface area contributed by atoms with Gasteiger partial charge in [0, 0.05) is 12.6 Å². The van der Waals surface area contributed by atoms with E-state index in [9.17, 15) is 13.2 Å². The first-order valence-electron chi connectivity index (χ1n) is 10.6. The molecule has 0 unspecified atom stereocenters. The SMILES string of the molecule is Cc1ccc(S(=O)(=O)N(C)c2ccc(C(=O)OCc3nc(-c4ccccc4)oc3C)cc2)cc1. The molecule has 0 bridgehead atoms. The molecule has 0 N–H and O–H groups in total. The highest BCUT2D eigenvalue weighted by Crippen LogP contribution is 2.24. The fraction of sp³-hybridized carbons (Fsp3) is 0.154. The molecule has 174 valence electrons. The fourth-order valence-electron chi connectivity index (χ4n) is 3.30. The molecule has 0 aliphatic heterocycles. The zero-order valence-corrected chi connectivity index (χ0v) is 19.9. The number of carbonyl (C=O) groups excluding carboxylic acids is 1. The maximum Gasteiger partial charge on any atom is 0.338 e. The van der Waals surface area contributed by atoms with Crippen LogP contribution in [0, 0.1) is 13.8 Å². The van der Waals surface area contributed by atoms with Crippen LogP contribution >= 0.6 is 0 Å². The third-order valence-electron chi connectivity index (χ3n) is 5.40. The summed E-state index contributed by atoms with van der Waals surface area (Å²) < 4.78 is 38.0. The normalized spacial score (nSPS) is 11.3. The smallest absolute Gasteiger partial charge is 0.338 e. The Morgan fingerprint density at radius 1 is 0.941 bits per heavy atom. The van der Waals surface area contributed by atoms with Crippen LogP contribution in [-0.4, -0.2) is 26.4 Å². The predicted octanol–water partition coefficient (Wildman–Crippen LogP) is 5.14. The lowest BCUT2D eigenvalue weighted by Gasteiger charge is -2.19. The van der Waals surface area contributed by atoms with Crippen molar-refractivity contribution >= 4 is 21.7 Å². The number of ether oxygens (including phenoxy) is 1. The summed E-state index contributed by atoms with van der Waals surface area (Å²) >= 11 is 0. The lowest BCUT2D eigenvalue weighted by molar-refractivity contribution is 0.0467. The summed E-state index contributed by atoms with van der Waals surface area (Å²) in [4.78, 5) is 17.1. The maximum absolute atomic E-state index is 12.9. The van der Waals surface area contributed by atoms with E-state index < -0.39 is 16.0 Å². The molecule has 0 amide bonds. The Morgan fingerprint density at radius 2 is 1.59 bits per heavy atom. The number of sulfonamides is 1. The molecule has 0 spiro atoms. The van der Waals surface area contributed by atoms with E-state index in [2.05, 4.69) is 4.98 Å². The van der Waals surface area contributed by atoms with Crippen LogP contribution in [0.3, 0.4) is 0 Å². The average Bonchev–Trinajstić information content (AvgIpc) is 3.23. The third kappa shape index (κ3) is 4.87. The molecule has 0 radical (unpaired) electrons. The van der Waals surface area contributed by atoms with E-state index in [0.717, 1.165) is 11.1 Å². The monoisotopic (exact) mass is 476 g/mol. The standard InChI is InChI=1S/C26H24N2O5S/c1-18-9-15-23(16-10-18)34(30,31)28(3)22-13-11-21(12-14-22)26(29)32-17-24-19(2)33-25(27-24)20-7-5-4-6-8-20/h4-16H,17H2,1-3H3. The summed E-state index contributed by atoms with van der Waals surface area (Å²) in [6, 6.07) is 22.3. The van der Waals surface area contributed by atoms with Crippen molar-refractivity contribution < 1.29 is 22.4 Å². The van der Waals surface area contributed by atoms with Crippen molar-refractivity contribution in [3.05, 3.63) is 101 Å². The number of aromatic nitrogens is 1. The zero-order chi connectivity index (χ0) is 24.3. The molecule has 4 rings (SSSR count). The molecule has 8 heteroatoms. The number of carbonyl (C=O) groups is 1. The Hall–Kier alpha value is -3.91. The van der Waals surface area contributed by atoms with E-state index in [-0.39, 0.29) is 11.5 Å². The minimum Gasteiger partial charge on any atom is -0.455 e. The second-order valence-electron chi connectivity index (χ2n) is 7.80. The van der Waals surface area contributed by atoms with Gasteiger partial charge in [0.2, 0.25) is 5.89 Å². The van der Waals surface area contributed by atoms with Crippen molar-refractivity contribution in [3.63, 3.8) is 0 Å². The maximum atomic E-state index is 12.9. The highest BCUT2D eigenvalue weighted by atomic mass is 32.2. The van der Waals surface area contributed by atoms with Crippen molar-refractivity contribution in [2.75, 3.05) is 11.4 Å². The van der Waals surface area contributed by atoms with E-state index in [0.29, 0.717) is 28.6 Å². The molecule has 4 aromatic rings. The first kappa shape index (κ1) is 23.3. The summed E-state index contributed by atoms with van der Waals surface area (Å²) in [6.07, 6.45) is 0. The van der Waals surface area contributed by atoms with Gasteiger partial charge in [-0.05, 0) is 62.4 Å². The highest BCUT2D eigenvalue weighted by molar-refractivity contribution is 7.92. The number of aryl methyl sites for hydroxylation is 2. The van der Waals surface area contributed by atoms with Crippen molar-refractivity contribution in [3.8, 4) is 11.5 Å². The van der Waals surface area contributed by atoms with Crippen LogP contribution in [0.2, 0.25) is 0 Å². The van der Waals surface area contributed by atoms with Crippen LogP contribution < -0.4 is 4.31 Å². The van der Waals surface area contributed by atoms with Gasteiger partial charge in [0.15, 0.2) is 0 Å². The summed E-state index contributed by atoms with van der Waals surface area (Å²) in [5.41, 5.74) is 3.07. The van der Waals surface area contributed by atoms with Gasteiger partial charge >= 0.3 is 5.97 Å². The Balaban J connectivity index is 1.43. The van der Waals surface area contributed by atoms with Gasteiger partial charge < -0.3 is 9.15 Å². The molecule has 0 aliphatic rings. The van der Waals surface area contributed by atoms with E-state index in [1.165, 1.54) is 23.5 Å². The molecule has 0 fully saturated rings. The Morgan fingerprint density at radius 3 is 2.24 bits per heavy atom. The highest BCUT2D eigenvalue weighted by Gasteiger charge is 2.21. The minimum atomic E-state index is -3.72. The first-order valence-corrected chi connectivity index (χ1v) is 12.0. The molecular weight excluding hydrogens is 452 g/mol. The number of hydrogen-bond donors (Lipinski definition) is 0. The molecule has 3 aromatic carbocycles. The minimum absolute atomic E-state index is 0.0372. The summed E-state index contributed by atoms with van der Waals surface area (Å²) in [5.74, 6) is 0.496. The van der Waals surface area contributed by atoms with Gasteiger partial charge in [-0.1, -0.05) is 35.9 Å². The predicted molar refractivity (Wildman–Crippen MR) is 129 cm³/mol. The van der Waals surface area contributed by atoms with E-state index in [4.69, 9.17) is 9.15 Å². The molecule has 0 saturated carbocycles. The van der Waals surface area contributed by atoms with Crippen LogP contribution in [0.4, 0.5) is 5.69 Å². The van der Waals surface area contributed by atoms with Crippen LogP contribution in [0.5, 0.6) is 0 Å². The number of nitrogens with zero attached hydrogens (tertiary/aromatic N) is 2. The Kier molecular flexibility index (Phi) is 6.51. The van der Waals surface area contributed by atoms with Gasteiger partial charge in [-0.25, -0.2) is 18.2 Å². The number of esters is 1. The fourth-order valence-corrected chi connectivity index (χ4v) is 4.49. The lowest BCUT2D eigenvalue weighted by atomic mass is 10.2. The number of benzene rings is 3. The molecule has 0 aliphatic carbocycles. The molecule has 1 aromatic heterocycles. The molecule has 34 heavy (non-hydrogen) atoms. The van der Waals surface area contributed by atoms with Crippen molar-refractivity contribution in [1.82, 2.24) is 4.98 Å². The van der Waals surface area contributed by atoms with Crippen molar-refractivity contribution in [1.29, 1.82) is 0 Å². The number of hydrogen-bond acceptors (Lipinski definition) is 6. The van der Waals surface area contributed by atoms with Crippen molar-refractivity contribution in [2.45, 2.75) is 25.3 Å². The molecule has 7 nitrogen and oxygen atoms in total. The van der Waals surface area contributed by atoms with Gasteiger partial charge in [-0.2, -0.15) is 0 Å². The molecule has 0 atom stereocenters. The van der Waals surface area contributed by atoms with Crippen LogP contribution in [0.15, 0.2) is 88.2 Å². The van der Waals surface area contributed by atoms with Crippen LogP contribution in [-0.2, 0) is 21.4 Å². The molecule has 1 heterocycles. The Labute approximate surface area is 198 Å². The van der Waals surface area contributed by atoms with Gasteiger partial charge in [0.1, 0.15) is 18.1 Å². The van der Waals surface area contributed by atoms with E-state index in [1.807, 2.05) is 37.3 Å². The second kappa shape index (κ2) is 9.52. The number of rotatable bonds is 7. The third-order valence-corrected chi connectivity index (χ3v) is 7.20. The van der Waals surface area contributed by atoms with Gasteiger partial charge in [-0.15, -0.1) is 0 Å². The molecule has 0 saturated heterocycles. The Bertz CT molecular complexity index is 1390. The van der Waals surface area contributed by atoms with E-state index in [1.54, 1.807) is 43.3 Å². The van der Waals surface area contributed by atoms with Crippen molar-refractivity contribution in [2.24, 2.45) is 0 Å². The van der Waals surface area contributed by atoms with Gasteiger partial charge in [0.05, 0.1) is 16.1 Å². The van der Waals surface area contributed by atoms with E-state index >= 15 is 0 Å². The zero-order valence-electron chi connectivity index (χ0n) is 19.1. The van der Waals surface area contributed by atoms with Crippen LogP contribution in [0.25, 0.3) is 11.5 Å². The van der Waals surface area contributed by atoms with Gasteiger partial charge in [-0.3, -0.25) is 4.31 Å². The van der Waals surface area contributed by atoms with Gasteiger partial charge in [0.25, 0.3) is 10.0 Å². The average molecular weight is 477 g/mol. The van der Waals surface area contributed by atoms with Crippen LogP contribution in [0.1, 0.15) is 27.4 Å². The molecular formula is C26H24N2O5S.